The molecular weight excluding hydrogens is 196 g/mol. The molecule has 0 spiro atoms. The van der Waals surface area contributed by atoms with Crippen LogP contribution in [0.5, 0.6) is 0 Å². The van der Waals surface area contributed by atoms with Crippen LogP contribution in [-0.4, -0.2) is 16.5 Å². The SMILES string of the molecule is Cc1occc1SC1CCCCC1O. The van der Waals surface area contributed by atoms with Crippen LogP contribution < -0.4 is 0 Å². The quantitative estimate of drug-likeness (QED) is 0.818. The van der Waals surface area contributed by atoms with Crippen molar-refractivity contribution >= 4 is 11.8 Å². The lowest BCUT2D eigenvalue weighted by Crippen LogP contribution is -2.26. The van der Waals surface area contributed by atoms with Crippen LogP contribution in [0.25, 0.3) is 0 Å². The summed E-state index contributed by atoms with van der Waals surface area (Å²) in [6, 6.07) is 1.99. The van der Waals surface area contributed by atoms with E-state index < -0.39 is 0 Å². The fraction of sp³-hybridized carbons (Fsp3) is 0.636. The molecule has 0 radical (unpaired) electrons. The van der Waals surface area contributed by atoms with Gasteiger partial charge in [-0.15, -0.1) is 11.8 Å². The zero-order valence-corrected chi connectivity index (χ0v) is 9.22. The number of thioether (sulfide) groups is 1. The molecule has 2 nitrogen and oxygen atoms in total. The van der Waals surface area contributed by atoms with Crippen LogP contribution in [0, 0.1) is 6.92 Å². The fourth-order valence-electron chi connectivity index (χ4n) is 1.87. The molecule has 2 unspecified atom stereocenters. The molecule has 0 aliphatic heterocycles. The summed E-state index contributed by atoms with van der Waals surface area (Å²) >= 11 is 1.76. The van der Waals surface area contributed by atoms with Crippen molar-refractivity contribution in [3.63, 3.8) is 0 Å². The van der Waals surface area contributed by atoms with Crippen LogP contribution in [0.1, 0.15) is 31.4 Å². The van der Waals surface area contributed by atoms with Gasteiger partial charge in [-0.25, -0.2) is 0 Å². The summed E-state index contributed by atoms with van der Waals surface area (Å²) < 4.78 is 5.24. The summed E-state index contributed by atoms with van der Waals surface area (Å²) in [4.78, 5) is 1.18. The lowest BCUT2D eigenvalue weighted by atomic mass is 9.97. The van der Waals surface area contributed by atoms with Gasteiger partial charge >= 0.3 is 0 Å². The normalized spacial score (nSPS) is 27.9. The molecule has 1 heterocycles. The third-order valence-electron chi connectivity index (χ3n) is 2.76. The second-order valence-corrected chi connectivity index (χ2v) is 5.13. The van der Waals surface area contributed by atoms with E-state index in [1.165, 1.54) is 17.7 Å². The number of hydrogen-bond acceptors (Lipinski definition) is 3. The third kappa shape index (κ3) is 2.15. The summed E-state index contributed by atoms with van der Waals surface area (Å²) in [5.41, 5.74) is 0. The van der Waals surface area contributed by atoms with Gasteiger partial charge < -0.3 is 9.52 Å². The van der Waals surface area contributed by atoms with Crippen molar-refractivity contribution in [1.29, 1.82) is 0 Å². The molecule has 1 aliphatic rings. The third-order valence-corrected chi connectivity index (χ3v) is 4.29. The largest absolute Gasteiger partial charge is 0.468 e. The number of furan rings is 1. The van der Waals surface area contributed by atoms with Gasteiger partial charge in [0.25, 0.3) is 0 Å². The number of rotatable bonds is 2. The molecule has 1 aromatic rings. The monoisotopic (exact) mass is 212 g/mol. The Morgan fingerprint density at radius 2 is 2.21 bits per heavy atom. The molecule has 78 valence electrons. The second kappa shape index (κ2) is 4.41. The molecule has 0 bridgehead atoms. The van der Waals surface area contributed by atoms with E-state index in [-0.39, 0.29) is 6.10 Å². The Kier molecular flexibility index (Phi) is 3.19. The van der Waals surface area contributed by atoms with Gasteiger partial charge in [-0.3, -0.25) is 0 Å². The Morgan fingerprint density at radius 3 is 2.86 bits per heavy atom. The summed E-state index contributed by atoms with van der Waals surface area (Å²) in [6.07, 6.45) is 6.06. The molecule has 14 heavy (non-hydrogen) atoms. The minimum Gasteiger partial charge on any atom is -0.468 e. The first-order valence-corrected chi connectivity index (χ1v) is 6.04. The minimum absolute atomic E-state index is 0.136. The van der Waals surface area contributed by atoms with Crippen molar-refractivity contribution in [2.24, 2.45) is 0 Å². The second-order valence-electron chi connectivity index (χ2n) is 3.85. The van der Waals surface area contributed by atoms with Gasteiger partial charge in [-0.2, -0.15) is 0 Å². The first kappa shape index (κ1) is 10.1. The van der Waals surface area contributed by atoms with E-state index in [4.69, 9.17) is 4.42 Å². The van der Waals surface area contributed by atoms with Gasteiger partial charge in [0, 0.05) is 10.1 Å². The standard InChI is InChI=1S/C11H16O2S/c1-8-10(6-7-13-8)14-11-5-3-2-4-9(11)12/h6-7,9,11-12H,2-5H2,1H3. The van der Waals surface area contributed by atoms with Crippen molar-refractivity contribution in [3.05, 3.63) is 18.1 Å². The lowest BCUT2D eigenvalue weighted by Gasteiger charge is -2.26. The Balaban J connectivity index is 1.99. The van der Waals surface area contributed by atoms with E-state index in [0.717, 1.165) is 18.6 Å². The fourth-order valence-corrected chi connectivity index (χ4v) is 3.13. The van der Waals surface area contributed by atoms with E-state index >= 15 is 0 Å². The zero-order valence-electron chi connectivity index (χ0n) is 8.40. The van der Waals surface area contributed by atoms with Crippen LogP contribution in [0.15, 0.2) is 21.6 Å². The van der Waals surface area contributed by atoms with Gasteiger partial charge in [0.15, 0.2) is 0 Å². The molecule has 1 N–H and O–H groups in total. The molecule has 3 heteroatoms. The maximum absolute atomic E-state index is 9.81. The predicted molar refractivity (Wildman–Crippen MR) is 57.6 cm³/mol. The molecule has 1 fully saturated rings. The number of aliphatic hydroxyl groups is 1. The smallest absolute Gasteiger partial charge is 0.114 e. The molecule has 1 aliphatic carbocycles. The molecular formula is C11H16O2S. The highest BCUT2D eigenvalue weighted by atomic mass is 32.2. The number of aryl methyl sites for hydroxylation is 1. The molecule has 0 aromatic carbocycles. The van der Waals surface area contributed by atoms with E-state index in [2.05, 4.69) is 0 Å². The Labute approximate surface area is 88.7 Å². The average Bonchev–Trinajstić information content (AvgIpc) is 2.56. The highest BCUT2D eigenvalue weighted by Gasteiger charge is 2.24. The van der Waals surface area contributed by atoms with Crippen molar-refractivity contribution in [2.45, 2.75) is 48.9 Å². The highest BCUT2D eigenvalue weighted by molar-refractivity contribution is 8.00. The summed E-state index contributed by atoms with van der Waals surface area (Å²) in [7, 11) is 0. The molecule has 0 saturated heterocycles. The van der Waals surface area contributed by atoms with Crippen molar-refractivity contribution in [1.82, 2.24) is 0 Å². The Bertz CT molecular complexity index is 295. The summed E-state index contributed by atoms with van der Waals surface area (Å²) in [5, 5.41) is 10.2. The van der Waals surface area contributed by atoms with Crippen LogP contribution in [0.2, 0.25) is 0 Å². The van der Waals surface area contributed by atoms with Crippen LogP contribution in [0.4, 0.5) is 0 Å². The lowest BCUT2D eigenvalue weighted by molar-refractivity contribution is 0.137. The molecule has 2 atom stereocenters. The van der Waals surface area contributed by atoms with E-state index in [0.29, 0.717) is 5.25 Å². The maximum Gasteiger partial charge on any atom is 0.114 e. The van der Waals surface area contributed by atoms with Gasteiger partial charge in [0.2, 0.25) is 0 Å². The zero-order chi connectivity index (χ0) is 9.97. The van der Waals surface area contributed by atoms with Crippen LogP contribution in [0.3, 0.4) is 0 Å². The van der Waals surface area contributed by atoms with Crippen LogP contribution >= 0.6 is 11.8 Å². The van der Waals surface area contributed by atoms with Gasteiger partial charge in [0.1, 0.15) is 5.76 Å². The molecule has 0 amide bonds. The number of aliphatic hydroxyl groups excluding tert-OH is 1. The molecule has 1 aromatic heterocycles. The first-order valence-electron chi connectivity index (χ1n) is 5.16. The first-order chi connectivity index (χ1) is 6.77. The average molecular weight is 212 g/mol. The molecule has 1 saturated carbocycles. The number of hydrogen-bond donors (Lipinski definition) is 1. The van der Waals surface area contributed by atoms with E-state index in [1.807, 2.05) is 13.0 Å². The minimum atomic E-state index is -0.136. The van der Waals surface area contributed by atoms with Gasteiger partial charge in [-0.05, 0) is 25.8 Å². The van der Waals surface area contributed by atoms with Gasteiger partial charge in [0.05, 0.1) is 12.4 Å². The molecule has 2 rings (SSSR count). The van der Waals surface area contributed by atoms with Crippen molar-refractivity contribution < 1.29 is 9.52 Å². The highest BCUT2D eigenvalue weighted by Crippen LogP contribution is 2.35. The van der Waals surface area contributed by atoms with E-state index in [1.54, 1.807) is 18.0 Å². The van der Waals surface area contributed by atoms with E-state index in [9.17, 15) is 5.11 Å². The van der Waals surface area contributed by atoms with Crippen molar-refractivity contribution in [2.75, 3.05) is 0 Å². The summed E-state index contributed by atoms with van der Waals surface area (Å²) in [6.45, 7) is 1.97. The van der Waals surface area contributed by atoms with Gasteiger partial charge in [-0.1, -0.05) is 12.8 Å². The van der Waals surface area contributed by atoms with Crippen molar-refractivity contribution in [3.8, 4) is 0 Å². The predicted octanol–water partition coefficient (Wildman–Crippen LogP) is 2.98. The Hall–Kier alpha value is -0.410. The van der Waals surface area contributed by atoms with Crippen LogP contribution in [-0.2, 0) is 0 Å². The summed E-state index contributed by atoms with van der Waals surface area (Å²) in [5.74, 6) is 0.966. The maximum atomic E-state index is 9.81. The Morgan fingerprint density at radius 1 is 1.43 bits per heavy atom. The topological polar surface area (TPSA) is 33.4 Å².